The van der Waals surface area contributed by atoms with Gasteiger partial charge in [-0.3, -0.25) is 19.4 Å². The summed E-state index contributed by atoms with van der Waals surface area (Å²) in [6, 6.07) is 10.1. The summed E-state index contributed by atoms with van der Waals surface area (Å²) in [6.45, 7) is 0.366. The zero-order valence-electron chi connectivity index (χ0n) is 22.7. The van der Waals surface area contributed by atoms with Crippen LogP contribution >= 0.6 is 0 Å². The molecule has 17 heteroatoms. The average Bonchev–Trinajstić information content (AvgIpc) is 3.00. The van der Waals surface area contributed by atoms with Gasteiger partial charge in [-0.25, -0.2) is 9.13 Å². The van der Waals surface area contributed by atoms with Gasteiger partial charge in [0, 0.05) is 44.0 Å². The summed E-state index contributed by atoms with van der Waals surface area (Å²) in [5.41, 5.74) is 1.32. The van der Waals surface area contributed by atoms with Crippen molar-refractivity contribution < 1.29 is 53.2 Å². The van der Waals surface area contributed by atoms with Crippen LogP contribution < -0.4 is 35.3 Å². The van der Waals surface area contributed by atoms with Crippen LogP contribution in [-0.4, -0.2) is 67.0 Å². The van der Waals surface area contributed by atoms with Crippen LogP contribution in [-0.2, 0) is 27.5 Å². The minimum absolute atomic E-state index is 0.00127. The van der Waals surface area contributed by atoms with Crippen molar-refractivity contribution in [3.63, 3.8) is 0 Å². The fourth-order valence-electron chi connectivity index (χ4n) is 3.28. The number of carboxylic acid groups (broad SMARTS) is 2. The number of carbonyl (C=O) groups excluding carboxylic acids is 5. The van der Waals surface area contributed by atoms with Gasteiger partial charge < -0.3 is 40.6 Å². The normalized spacial score (nSPS) is 9.40. The van der Waals surface area contributed by atoms with E-state index in [1.165, 1.54) is 6.20 Å². The lowest BCUT2D eigenvalue weighted by Crippen LogP contribution is -2.43. The molecule has 0 spiro atoms. The molecule has 0 atom stereocenters. The molecule has 17 nitrogen and oxygen atoms in total. The highest BCUT2D eigenvalue weighted by Gasteiger charge is 2.14. The number of hydrogen-bond donors (Lipinski definition) is 3. The second-order valence-corrected chi connectivity index (χ2v) is 7.92. The smallest absolute Gasteiger partial charge is 0.294 e. The first kappa shape index (κ1) is 35.0. The molecule has 228 valence electrons. The Bertz CT molecular complexity index is 1340. The van der Waals surface area contributed by atoms with E-state index in [0.29, 0.717) is 42.9 Å². The van der Waals surface area contributed by atoms with Crippen molar-refractivity contribution in [2.24, 2.45) is 0 Å². The molecule has 0 saturated heterocycles. The first-order chi connectivity index (χ1) is 20.7. The minimum Gasteiger partial charge on any atom is -0.554 e. The molecule has 3 aromatic heterocycles. The van der Waals surface area contributed by atoms with Crippen LogP contribution in [0.4, 0.5) is 0 Å². The van der Waals surface area contributed by atoms with E-state index in [9.17, 15) is 24.5 Å². The molecule has 0 bridgehead atoms. The first-order valence-electron chi connectivity index (χ1n) is 12.4. The molecule has 43 heavy (non-hydrogen) atoms. The van der Waals surface area contributed by atoms with Gasteiger partial charge in [-0.15, -0.1) is 10.1 Å². The van der Waals surface area contributed by atoms with Crippen LogP contribution in [0.15, 0.2) is 73.6 Å². The highest BCUT2D eigenvalue weighted by Crippen LogP contribution is 1.97. The molecule has 0 aliphatic rings. The molecule has 0 saturated carbocycles. The van der Waals surface area contributed by atoms with E-state index >= 15 is 0 Å². The Morgan fingerprint density at radius 3 is 1.67 bits per heavy atom. The SMILES string of the molecule is O=C(NCCO[N+](=O)[O-])c1ccc[n+](CCNC(=O)c2ccc[n+](CCNC(=O)c3cccnc3)c2)c1.O=C[O-].O=C[O-]. The van der Waals surface area contributed by atoms with Gasteiger partial charge in [-0.2, -0.15) is 0 Å². The van der Waals surface area contributed by atoms with E-state index in [1.807, 2.05) is 10.8 Å². The Hall–Kier alpha value is -6.00. The van der Waals surface area contributed by atoms with Crippen LogP contribution in [0.3, 0.4) is 0 Å². The largest absolute Gasteiger partial charge is 0.554 e. The Morgan fingerprint density at radius 2 is 1.23 bits per heavy atom. The molecule has 3 aromatic rings. The second kappa shape index (κ2) is 20.8. The molecule has 0 aliphatic carbocycles. The van der Waals surface area contributed by atoms with Crippen LogP contribution in [0.5, 0.6) is 0 Å². The Morgan fingerprint density at radius 1 is 0.791 bits per heavy atom. The van der Waals surface area contributed by atoms with Gasteiger partial charge in [-0.1, -0.05) is 0 Å². The topological polar surface area (TPSA) is 241 Å². The number of nitrogens with zero attached hydrogens (tertiary/aromatic N) is 4. The van der Waals surface area contributed by atoms with Crippen molar-refractivity contribution in [3.05, 3.63) is 100 Å². The monoisotopic (exact) mass is 599 g/mol. The fraction of sp³-hybridized carbons (Fsp3) is 0.231. The molecule has 0 unspecified atom stereocenters. The molecule has 0 aliphatic heterocycles. The second-order valence-electron chi connectivity index (χ2n) is 7.92. The lowest BCUT2D eigenvalue weighted by molar-refractivity contribution is -0.757. The van der Waals surface area contributed by atoms with Crippen LogP contribution in [0, 0.1) is 10.1 Å². The molecule has 3 N–H and O–H groups in total. The molecule has 0 fully saturated rings. The minimum atomic E-state index is -0.920. The summed E-state index contributed by atoms with van der Waals surface area (Å²) in [6.07, 6.45) is 9.98. The van der Waals surface area contributed by atoms with Crippen LogP contribution in [0.25, 0.3) is 0 Å². The molecule has 0 radical (unpaired) electrons. The number of rotatable bonds is 13. The summed E-state index contributed by atoms with van der Waals surface area (Å²) in [4.78, 5) is 71.6. The molecule has 3 rings (SSSR count). The lowest BCUT2D eigenvalue weighted by atomic mass is 10.2. The van der Waals surface area contributed by atoms with E-state index < -0.39 is 23.9 Å². The fourth-order valence-corrected chi connectivity index (χ4v) is 3.28. The summed E-state index contributed by atoms with van der Waals surface area (Å²) >= 11 is 0. The third-order valence-electron chi connectivity index (χ3n) is 5.06. The number of aromatic nitrogens is 3. The number of carbonyl (C=O) groups is 5. The van der Waals surface area contributed by atoms with Crippen LogP contribution in [0.2, 0.25) is 0 Å². The maximum Gasteiger partial charge on any atom is 0.294 e. The third kappa shape index (κ3) is 14.8. The standard InChI is InChI=1S/C24H25N7O6.2CH2O2/c32-22(19-4-1-7-25-16-19)26-8-13-29-11-2-5-20(17-29)23(33)27-9-14-30-12-3-6-21(18-30)24(34)28-10-15-37-31(35)36;2*2-1-3/h1-7,11-12,16-18H,8-10,13-15H2,(H-2,26,27,28,32,33,34);2*1H,(H,2,3). The maximum atomic E-state index is 12.6. The van der Waals surface area contributed by atoms with Gasteiger partial charge in [0.25, 0.3) is 22.8 Å². The Kier molecular flexibility index (Phi) is 17.0. The highest BCUT2D eigenvalue weighted by molar-refractivity contribution is 5.94. The molecular weight excluding hydrogens is 570 g/mol. The predicted molar refractivity (Wildman–Crippen MR) is 140 cm³/mol. The lowest BCUT2D eigenvalue weighted by Gasteiger charge is -2.06. The van der Waals surface area contributed by atoms with E-state index in [2.05, 4.69) is 25.8 Å². The predicted octanol–water partition coefficient (Wildman–Crippen LogP) is -3.81. The van der Waals surface area contributed by atoms with Crippen molar-refractivity contribution in [2.45, 2.75) is 13.1 Å². The zero-order chi connectivity index (χ0) is 31.9. The van der Waals surface area contributed by atoms with E-state index in [-0.39, 0.29) is 25.0 Å². The van der Waals surface area contributed by atoms with Gasteiger partial charge in [-0.05, 0) is 24.3 Å². The number of amides is 3. The van der Waals surface area contributed by atoms with Gasteiger partial charge in [0.1, 0.15) is 17.7 Å². The van der Waals surface area contributed by atoms with Gasteiger partial charge in [0.2, 0.25) is 0 Å². The number of hydrogen-bond acceptors (Lipinski definition) is 11. The van der Waals surface area contributed by atoms with E-state index in [0.717, 1.165) is 0 Å². The molecule has 0 aromatic carbocycles. The molecular formula is C26H29N7O10. The number of nitrogens with one attached hydrogen (secondary N) is 3. The quantitative estimate of drug-likeness (QED) is 0.0565. The summed E-state index contributed by atoms with van der Waals surface area (Å²) < 4.78 is 3.56. The maximum absolute atomic E-state index is 12.6. The summed E-state index contributed by atoms with van der Waals surface area (Å²) in [5, 5.41) is 33.9. The van der Waals surface area contributed by atoms with Gasteiger partial charge in [0.15, 0.2) is 37.9 Å². The highest BCUT2D eigenvalue weighted by atomic mass is 16.9. The van der Waals surface area contributed by atoms with E-state index in [4.69, 9.17) is 19.8 Å². The van der Waals surface area contributed by atoms with Crippen LogP contribution in [0.1, 0.15) is 31.1 Å². The summed E-state index contributed by atoms with van der Waals surface area (Å²) in [7, 11) is 0. The molecule has 3 amide bonds. The average molecular weight is 600 g/mol. The summed E-state index contributed by atoms with van der Waals surface area (Å²) in [5.74, 6) is -0.865. The molecule has 3 heterocycles. The van der Waals surface area contributed by atoms with Crippen molar-refractivity contribution in [3.8, 4) is 0 Å². The van der Waals surface area contributed by atoms with Crippen molar-refractivity contribution in [1.82, 2.24) is 20.9 Å². The zero-order valence-corrected chi connectivity index (χ0v) is 22.7. The van der Waals surface area contributed by atoms with Gasteiger partial charge in [0.05, 0.1) is 18.7 Å². The van der Waals surface area contributed by atoms with Crippen molar-refractivity contribution in [2.75, 3.05) is 26.2 Å². The third-order valence-corrected chi connectivity index (χ3v) is 5.06. The Labute approximate surface area is 244 Å². The first-order valence-corrected chi connectivity index (χ1v) is 12.4. The number of pyridine rings is 3. The van der Waals surface area contributed by atoms with Crippen molar-refractivity contribution in [1.29, 1.82) is 0 Å². The van der Waals surface area contributed by atoms with Crippen molar-refractivity contribution >= 4 is 30.7 Å². The van der Waals surface area contributed by atoms with E-state index in [1.54, 1.807) is 65.8 Å². The van der Waals surface area contributed by atoms with Gasteiger partial charge >= 0.3 is 0 Å². The Balaban J connectivity index is 0.00000142.